The molecular formula is C12H14F3N3OS. The summed E-state index contributed by atoms with van der Waals surface area (Å²) in [5.74, 6) is 1.72. The van der Waals surface area contributed by atoms with E-state index < -0.39 is 11.7 Å². The van der Waals surface area contributed by atoms with Crippen molar-refractivity contribution >= 4 is 17.8 Å². The molecule has 20 heavy (non-hydrogen) atoms. The molecule has 1 N–H and O–H groups in total. The molecule has 1 saturated heterocycles. The average molecular weight is 305 g/mol. The minimum atomic E-state index is -4.46. The van der Waals surface area contributed by atoms with Gasteiger partial charge in [-0.2, -0.15) is 24.9 Å². The standard InChI is InChI=1S/C12H14F3N3OS/c13-12(14,15)10-8-16-2-1-9(10)7-17-11(19)18-3-5-20-6-4-18/h1-2,8H,3-7H2,(H,17,19). The van der Waals surface area contributed by atoms with Crippen molar-refractivity contribution in [3.05, 3.63) is 29.6 Å². The number of pyridine rings is 1. The second kappa shape index (κ2) is 6.34. The van der Waals surface area contributed by atoms with Gasteiger partial charge in [0.05, 0.1) is 5.56 Å². The van der Waals surface area contributed by atoms with Crippen LogP contribution in [0.25, 0.3) is 0 Å². The lowest BCUT2D eigenvalue weighted by Gasteiger charge is -2.26. The highest BCUT2D eigenvalue weighted by atomic mass is 32.2. The molecule has 0 aliphatic carbocycles. The molecule has 0 bridgehead atoms. The Kier molecular flexibility index (Phi) is 4.74. The van der Waals surface area contributed by atoms with Gasteiger partial charge in [0.1, 0.15) is 0 Å². The fraction of sp³-hybridized carbons (Fsp3) is 0.500. The summed E-state index contributed by atoms with van der Waals surface area (Å²) in [5, 5.41) is 2.53. The maximum atomic E-state index is 12.8. The predicted octanol–water partition coefficient (Wildman–Crippen LogP) is 2.36. The van der Waals surface area contributed by atoms with E-state index >= 15 is 0 Å². The molecule has 4 nitrogen and oxygen atoms in total. The van der Waals surface area contributed by atoms with E-state index in [2.05, 4.69) is 10.3 Å². The largest absolute Gasteiger partial charge is 0.418 e. The number of thioether (sulfide) groups is 1. The van der Waals surface area contributed by atoms with Crippen molar-refractivity contribution in [2.45, 2.75) is 12.7 Å². The van der Waals surface area contributed by atoms with E-state index in [4.69, 9.17) is 0 Å². The average Bonchev–Trinajstić information content (AvgIpc) is 2.45. The fourth-order valence-electron chi connectivity index (χ4n) is 1.88. The predicted molar refractivity (Wildman–Crippen MR) is 70.4 cm³/mol. The van der Waals surface area contributed by atoms with Crippen molar-refractivity contribution in [2.75, 3.05) is 24.6 Å². The molecule has 0 saturated carbocycles. The van der Waals surface area contributed by atoms with E-state index in [1.807, 2.05) is 0 Å². The number of carbonyl (C=O) groups is 1. The number of carbonyl (C=O) groups excluding carboxylic acids is 1. The Morgan fingerprint density at radius 3 is 2.75 bits per heavy atom. The van der Waals surface area contributed by atoms with Gasteiger partial charge in [-0.25, -0.2) is 4.79 Å². The Morgan fingerprint density at radius 1 is 1.40 bits per heavy atom. The van der Waals surface area contributed by atoms with E-state index in [0.29, 0.717) is 13.1 Å². The molecule has 8 heteroatoms. The summed E-state index contributed by atoms with van der Waals surface area (Å²) < 4.78 is 38.3. The first-order valence-electron chi connectivity index (χ1n) is 6.09. The zero-order valence-corrected chi connectivity index (χ0v) is 11.4. The van der Waals surface area contributed by atoms with Gasteiger partial charge in [-0.1, -0.05) is 0 Å². The number of amides is 2. The van der Waals surface area contributed by atoms with Gasteiger partial charge in [-0.3, -0.25) is 4.98 Å². The molecule has 1 aromatic rings. The maximum absolute atomic E-state index is 12.8. The lowest BCUT2D eigenvalue weighted by atomic mass is 10.1. The smallest absolute Gasteiger partial charge is 0.334 e. The minimum Gasteiger partial charge on any atom is -0.334 e. The van der Waals surface area contributed by atoms with E-state index in [1.165, 1.54) is 12.3 Å². The molecule has 1 aromatic heterocycles. The zero-order valence-electron chi connectivity index (χ0n) is 10.6. The molecule has 0 aromatic carbocycles. The molecular weight excluding hydrogens is 291 g/mol. The summed E-state index contributed by atoms with van der Waals surface area (Å²) in [5.41, 5.74) is -0.790. The molecule has 1 fully saturated rings. The number of hydrogen-bond acceptors (Lipinski definition) is 3. The van der Waals surface area contributed by atoms with Crippen LogP contribution in [-0.2, 0) is 12.7 Å². The number of alkyl halides is 3. The van der Waals surface area contributed by atoms with E-state index in [-0.39, 0.29) is 18.1 Å². The SMILES string of the molecule is O=C(NCc1ccncc1C(F)(F)F)N1CCSCC1. The van der Waals surface area contributed by atoms with E-state index in [1.54, 1.807) is 16.7 Å². The Hall–Kier alpha value is -1.44. The molecule has 2 heterocycles. The van der Waals surface area contributed by atoms with Gasteiger partial charge in [0.15, 0.2) is 0 Å². The van der Waals surface area contributed by atoms with Crippen LogP contribution in [0, 0.1) is 0 Å². The van der Waals surface area contributed by atoms with Gasteiger partial charge in [0, 0.05) is 43.5 Å². The van der Waals surface area contributed by atoms with Gasteiger partial charge in [-0.15, -0.1) is 0 Å². The third-order valence-electron chi connectivity index (χ3n) is 2.95. The number of nitrogens with one attached hydrogen (secondary N) is 1. The van der Waals surface area contributed by atoms with Crippen LogP contribution < -0.4 is 5.32 Å². The Bertz CT molecular complexity index is 475. The second-order valence-electron chi connectivity index (χ2n) is 4.29. The van der Waals surface area contributed by atoms with Crippen molar-refractivity contribution in [1.29, 1.82) is 0 Å². The fourth-order valence-corrected chi connectivity index (χ4v) is 2.78. The highest BCUT2D eigenvalue weighted by Gasteiger charge is 2.33. The van der Waals surface area contributed by atoms with Gasteiger partial charge in [0.25, 0.3) is 0 Å². The van der Waals surface area contributed by atoms with Crippen LogP contribution in [0.1, 0.15) is 11.1 Å². The third kappa shape index (κ3) is 3.78. The van der Waals surface area contributed by atoms with Crippen molar-refractivity contribution in [2.24, 2.45) is 0 Å². The summed E-state index contributed by atoms with van der Waals surface area (Å²) in [4.78, 5) is 16.9. The minimum absolute atomic E-state index is 0.0206. The topological polar surface area (TPSA) is 45.2 Å². The molecule has 0 unspecified atom stereocenters. The number of urea groups is 1. The van der Waals surface area contributed by atoms with E-state index in [9.17, 15) is 18.0 Å². The van der Waals surface area contributed by atoms with E-state index in [0.717, 1.165) is 17.7 Å². The van der Waals surface area contributed by atoms with Gasteiger partial charge in [0.2, 0.25) is 0 Å². The van der Waals surface area contributed by atoms with Gasteiger partial charge >= 0.3 is 12.2 Å². The summed E-state index contributed by atoms with van der Waals surface area (Å²) in [6.45, 7) is 1.10. The zero-order chi connectivity index (χ0) is 14.6. The molecule has 2 amide bonds. The van der Waals surface area contributed by atoms with Crippen molar-refractivity contribution in [3.8, 4) is 0 Å². The third-order valence-corrected chi connectivity index (χ3v) is 3.89. The van der Waals surface area contributed by atoms with Crippen LogP contribution in [-0.4, -0.2) is 40.5 Å². The number of aromatic nitrogens is 1. The first kappa shape index (κ1) is 15.0. The molecule has 1 aliphatic heterocycles. The first-order valence-corrected chi connectivity index (χ1v) is 7.24. The number of halogens is 3. The van der Waals surface area contributed by atoms with Crippen LogP contribution in [0.3, 0.4) is 0 Å². The van der Waals surface area contributed by atoms with Gasteiger partial charge < -0.3 is 10.2 Å². The second-order valence-corrected chi connectivity index (χ2v) is 5.51. The van der Waals surface area contributed by atoms with Crippen molar-refractivity contribution < 1.29 is 18.0 Å². The highest BCUT2D eigenvalue weighted by molar-refractivity contribution is 7.99. The quantitative estimate of drug-likeness (QED) is 0.912. The summed E-state index contributed by atoms with van der Waals surface area (Å²) in [6, 6.07) is 0.949. The number of nitrogens with zero attached hydrogens (tertiary/aromatic N) is 2. The molecule has 0 radical (unpaired) electrons. The Labute approximate surface area is 118 Å². The summed E-state index contributed by atoms with van der Waals surface area (Å²) in [7, 11) is 0. The first-order chi connectivity index (χ1) is 9.48. The monoisotopic (exact) mass is 305 g/mol. The van der Waals surface area contributed by atoms with Crippen LogP contribution >= 0.6 is 11.8 Å². The highest BCUT2D eigenvalue weighted by Crippen LogP contribution is 2.31. The normalized spacial score (nSPS) is 16.1. The number of hydrogen-bond donors (Lipinski definition) is 1. The van der Waals surface area contributed by atoms with Crippen LogP contribution in [0.2, 0.25) is 0 Å². The van der Waals surface area contributed by atoms with Crippen LogP contribution in [0.4, 0.5) is 18.0 Å². The molecule has 2 rings (SSSR count). The molecule has 110 valence electrons. The molecule has 0 atom stereocenters. The Balaban J connectivity index is 1.98. The Morgan fingerprint density at radius 2 is 2.10 bits per heavy atom. The molecule has 0 spiro atoms. The van der Waals surface area contributed by atoms with Crippen molar-refractivity contribution in [3.63, 3.8) is 0 Å². The maximum Gasteiger partial charge on any atom is 0.418 e. The number of rotatable bonds is 2. The molecule has 1 aliphatic rings. The lowest BCUT2D eigenvalue weighted by Crippen LogP contribution is -2.44. The van der Waals surface area contributed by atoms with Crippen molar-refractivity contribution in [1.82, 2.24) is 15.2 Å². The van der Waals surface area contributed by atoms with Crippen LogP contribution in [0.5, 0.6) is 0 Å². The summed E-state index contributed by atoms with van der Waals surface area (Å²) in [6.07, 6.45) is -2.40. The summed E-state index contributed by atoms with van der Waals surface area (Å²) >= 11 is 1.76. The lowest BCUT2D eigenvalue weighted by molar-refractivity contribution is -0.138. The van der Waals surface area contributed by atoms with Crippen LogP contribution in [0.15, 0.2) is 18.5 Å². The van der Waals surface area contributed by atoms with Gasteiger partial charge in [-0.05, 0) is 11.6 Å².